The summed E-state index contributed by atoms with van der Waals surface area (Å²) in [7, 11) is 0. The average Bonchev–Trinajstić information content (AvgIpc) is 2.68. The minimum absolute atomic E-state index is 0.173. The molecule has 0 spiro atoms. The van der Waals surface area contributed by atoms with Crippen LogP contribution in [-0.2, 0) is 10.4 Å². The van der Waals surface area contributed by atoms with E-state index in [0.717, 1.165) is 0 Å². The van der Waals surface area contributed by atoms with E-state index in [0.29, 0.717) is 47.1 Å². The first-order valence-electron chi connectivity index (χ1n) is 9.13. The van der Waals surface area contributed by atoms with E-state index in [-0.39, 0.29) is 11.8 Å². The molecule has 28 heavy (non-hydrogen) atoms. The van der Waals surface area contributed by atoms with Crippen LogP contribution >= 0.6 is 23.2 Å². The number of nitrogens with zero attached hydrogens (tertiary/aromatic N) is 1. The lowest BCUT2D eigenvalue weighted by molar-refractivity contribution is -0.137. The quantitative estimate of drug-likeness (QED) is 0.793. The minimum Gasteiger partial charge on any atom is -0.385 e. The maximum Gasteiger partial charge on any atom is 0.251 e. The highest BCUT2D eigenvalue weighted by Gasteiger charge is 2.37. The Bertz CT molecular complexity index is 865. The molecule has 2 aromatic carbocycles. The smallest absolute Gasteiger partial charge is 0.251 e. The number of halogens is 2. The molecule has 5 nitrogen and oxygen atoms in total. The molecule has 2 N–H and O–H groups in total. The zero-order valence-corrected chi connectivity index (χ0v) is 17.0. The first-order valence-corrected chi connectivity index (χ1v) is 9.88. The van der Waals surface area contributed by atoms with E-state index in [1.54, 1.807) is 54.3 Å². The molecule has 1 aliphatic rings. The van der Waals surface area contributed by atoms with Gasteiger partial charge in [-0.1, -0.05) is 47.5 Å². The van der Waals surface area contributed by atoms with Gasteiger partial charge in [0.2, 0.25) is 5.91 Å². The molecular formula is C21H22Cl2N2O3. The molecule has 3 rings (SSSR count). The van der Waals surface area contributed by atoms with E-state index < -0.39 is 11.6 Å². The summed E-state index contributed by atoms with van der Waals surface area (Å²) in [5, 5.41) is 14.7. The summed E-state index contributed by atoms with van der Waals surface area (Å²) in [6, 6.07) is 13.1. The minimum atomic E-state index is -1.10. The number of rotatable bonds is 4. The van der Waals surface area contributed by atoms with Crippen LogP contribution in [0.2, 0.25) is 10.0 Å². The van der Waals surface area contributed by atoms with Crippen molar-refractivity contribution in [1.82, 2.24) is 10.2 Å². The van der Waals surface area contributed by atoms with Gasteiger partial charge >= 0.3 is 0 Å². The maximum absolute atomic E-state index is 12.7. The molecule has 1 heterocycles. The highest BCUT2D eigenvalue weighted by Crippen LogP contribution is 2.37. The Balaban J connectivity index is 1.60. The lowest BCUT2D eigenvalue weighted by Crippen LogP contribution is -2.51. The number of hydrogen-bond donors (Lipinski definition) is 2. The van der Waals surface area contributed by atoms with Crippen molar-refractivity contribution >= 4 is 35.0 Å². The fourth-order valence-electron chi connectivity index (χ4n) is 3.44. The van der Waals surface area contributed by atoms with Gasteiger partial charge in [-0.05, 0) is 44.0 Å². The molecule has 0 aliphatic carbocycles. The van der Waals surface area contributed by atoms with Crippen molar-refractivity contribution in [3.05, 3.63) is 69.7 Å². The monoisotopic (exact) mass is 420 g/mol. The third-order valence-corrected chi connectivity index (χ3v) is 5.64. The lowest BCUT2D eigenvalue weighted by atomic mass is 9.84. The van der Waals surface area contributed by atoms with Crippen molar-refractivity contribution in [1.29, 1.82) is 0 Å². The van der Waals surface area contributed by atoms with Gasteiger partial charge in [0.15, 0.2) is 0 Å². The van der Waals surface area contributed by atoms with Gasteiger partial charge in [-0.25, -0.2) is 0 Å². The van der Waals surface area contributed by atoms with Crippen molar-refractivity contribution in [2.45, 2.75) is 31.4 Å². The van der Waals surface area contributed by atoms with Crippen molar-refractivity contribution < 1.29 is 14.7 Å². The van der Waals surface area contributed by atoms with E-state index in [4.69, 9.17) is 23.2 Å². The van der Waals surface area contributed by atoms with Gasteiger partial charge in [0.05, 0.1) is 5.60 Å². The normalized spacial score (nSPS) is 17.1. The van der Waals surface area contributed by atoms with Gasteiger partial charge in [0.25, 0.3) is 5.91 Å². The van der Waals surface area contributed by atoms with Crippen LogP contribution in [0.4, 0.5) is 0 Å². The molecule has 0 radical (unpaired) electrons. The molecule has 1 aliphatic heterocycles. The number of benzene rings is 2. The third kappa shape index (κ3) is 4.49. The molecule has 0 aromatic heterocycles. The summed E-state index contributed by atoms with van der Waals surface area (Å²) in [4.78, 5) is 26.6. The maximum atomic E-state index is 12.7. The standard InChI is InChI=1S/C21H22Cl2N2O3/c1-14(24-19(26)15-5-3-2-4-6-15)20(27)25-11-9-21(28,10-12-25)17-8-7-16(22)13-18(17)23/h2-8,13-14,28H,9-12H2,1H3,(H,24,26). The van der Waals surface area contributed by atoms with E-state index in [1.807, 2.05) is 6.07 Å². The van der Waals surface area contributed by atoms with Crippen LogP contribution in [0.1, 0.15) is 35.7 Å². The van der Waals surface area contributed by atoms with Gasteiger partial charge in [0.1, 0.15) is 6.04 Å². The molecule has 0 bridgehead atoms. The number of amides is 2. The van der Waals surface area contributed by atoms with Crippen LogP contribution < -0.4 is 5.32 Å². The van der Waals surface area contributed by atoms with Gasteiger partial charge in [-0.2, -0.15) is 0 Å². The summed E-state index contributed by atoms with van der Waals surface area (Å²) in [5.41, 5.74) is 0.0262. The molecule has 1 fully saturated rings. The summed E-state index contributed by atoms with van der Waals surface area (Å²) < 4.78 is 0. The molecule has 2 aromatic rings. The van der Waals surface area contributed by atoms with E-state index >= 15 is 0 Å². The molecule has 1 unspecified atom stereocenters. The van der Waals surface area contributed by atoms with E-state index in [9.17, 15) is 14.7 Å². The second kappa shape index (κ2) is 8.52. The van der Waals surface area contributed by atoms with Crippen LogP contribution in [0.25, 0.3) is 0 Å². The Hall–Kier alpha value is -2.08. The number of nitrogens with one attached hydrogen (secondary N) is 1. The molecule has 1 atom stereocenters. The molecule has 148 valence electrons. The molecular weight excluding hydrogens is 399 g/mol. The Morgan fingerprint density at radius 1 is 1.11 bits per heavy atom. The highest BCUT2D eigenvalue weighted by atomic mass is 35.5. The zero-order chi connectivity index (χ0) is 20.3. The van der Waals surface area contributed by atoms with Crippen LogP contribution in [0, 0.1) is 0 Å². The predicted molar refractivity (Wildman–Crippen MR) is 110 cm³/mol. The van der Waals surface area contributed by atoms with Crippen molar-refractivity contribution in [2.24, 2.45) is 0 Å². The van der Waals surface area contributed by atoms with Crippen LogP contribution in [0.5, 0.6) is 0 Å². The number of carbonyl (C=O) groups excluding carboxylic acids is 2. The average molecular weight is 421 g/mol. The summed E-state index contributed by atoms with van der Waals surface area (Å²) in [6.07, 6.45) is 0.721. The number of piperidine rings is 1. The van der Waals surface area contributed by atoms with Crippen molar-refractivity contribution in [3.63, 3.8) is 0 Å². The largest absolute Gasteiger partial charge is 0.385 e. The Morgan fingerprint density at radius 3 is 2.36 bits per heavy atom. The Labute approximate surface area is 174 Å². The predicted octanol–water partition coefficient (Wildman–Crippen LogP) is 3.62. The number of aliphatic hydroxyl groups is 1. The number of hydrogen-bond acceptors (Lipinski definition) is 3. The number of carbonyl (C=O) groups is 2. The van der Waals surface area contributed by atoms with Gasteiger partial charge in [0, 0.05) is 34.3 Å². The van der Waals surface area contributed by atoms with Crippen LogP contribution in [0.3, 0.4) is 0 Å². The summed E-state index contributed by atoms with van der Waals surface area (Å²) in [6.45, 7) is 2.42. The highest BCUT2D eigenvalue weighted by molar-refractivity contribution is 6.35. The Kier molecular flexibility index (Phi) is 6.28. The SMILES string of the molecule is CC(NC(=O)c1ccccc1)C(=O)N1CCC(O)(c2ccc(Cl)cc2Cl)CC1. The van der Waals surface area contributed by atoms with Gasteiger partial charge < -0.3 is 15.3 Å². The molecule has 7 heteroatoms. The van der Waals surface area contributed by atoms with Crippen LogP contribution in [-0.4, -0.2) is 41.0 Å². The summed E-state index contributed by atoms with van der Waals surface area (Å²) >= 11 is 12.2. The molecule has 0 saturated carbocycles. The van der Waals surface area contributed by atoms with Gasteiger partial charge in [-0.15, -0.1) is 0 Å². The molecule has 1 saturated heterocycles. The first kappa shape index (κ1) is 20.6. The fraction of sp³-hybridized carbons (Fsp3) is 0.333. The molecule has 2 amide bonds. The Morgan fingerprint density at radius 2 is 1.75 bits per heavy atom. The fourth-order valence-corrected chi connectivity index (χ4v) is 4.02. The van der Waals surface area contributed by atoms with Crippen molar-refractivity contribution in [2.75, 3.05) is 13.1 Å². The van der Waals surface area contributed by atoms with Crippen LogP contribution in [0.15, 0.2) is 48.5 Å². The van der Waals surface area contributed by atoms with Crippen molar-refractivity contribution in [3.8, 4) is 0 Å². The lowest BCUT2D eigenvalue weighted by Gasteiger charge is -2.39. The topological polar surface area (TPSA) is 69.6 Å². The summed E-state index contributed by atoms with van der Waals surface area (Å²) in [5.74, 6) is -0.462. The van der Waals surface area contributed by atoms with E-state index in [2.05, 4.69) is 5.32 Å². The number of likely N-dealkylation sites (tertiary alicyclic amines) is 1. The van der Waals surface area contributed by atoms with Gasteiger partial charge in [-0.3, -0.25) is 9.59 Å². The second-order valence-corrected chi connectivity index (χ2v) is 7.89. The second-order valence-electron chi connectivity index (χ2n) is 7.04. The van der Waals surface area contributed by atoms with E-state index in [1.165, 1.54) is 0 Å². The first-order chi connectivity index (χ1) is 13.3. The zero-order valence-electron chi connectivity index (χ0n) is 15.5. The third-order valence-electron chi connectivity index (χ3n) is 5.09.